The second-order valence-electron chi connectivity index (χ2n) is 4.78. The Balaban J connectivity index is 1.94. The molecule has 102 valence electrons. The Labute approximate surface area is 112 Å². The van der Waals surface area contributed by atoms with Crippen molar-refractivity contribution in [2.24, 2.45) is 0 Å². The number of hydrogen-bond donors (Lipinski definition) is 0. The number of Topliss-reactive ketones (excluding diaryl/α,β-unsaturated/α-hetero) is 2. The van der Waals surface area contributed by atoms with Crippen molar-refractivity contribution in [3.63, 3.8) is 0 Å². The number of aromatic nitrogens is 2. The molecule has 0 aromatic carbocycles. The van der Waals surface area contributed by atoms with E-state index in [0.717, 1.165) is 32.0 Å². The number of hydrogen-bond acceptors (Lipinski definition) is 6. The molecule has 2 heterocycles. The van der Waals surface area contributed by atoms with Crippen LogP contribution in [0.2, 0.25) is 0 Å². The lowest BCUT2D eigenvalue weighted by Gasteiger charge is -2.34. The van der Waals surface area contributed by atoms with Crippen LogP contribution in [-0.4, -0.2) is 59.2 Å². The first-order chi connectivity index (χ1) is 9.06. The van der Waals surface area contributed by atoms with Crippen LogP contribution in [0.5, 0.6) is 0 Å². The second kappa shape index (κ2) is 5.88. The summed E-state index contributed by atoms with van der Waals surface area (Å²) in [5.74, 6) is 0.900. The first-order valence-electron chi connectivity index (χ1n) is 6.36. The first kappa shape index (κ1) is 13.6. The predicted octanol–water partition coefficient (Wildman–Crippen LogP) is 0.390. The third-order valence-corrected chi connectivity index (χ3v) is 3.14. The van der Waals surface area contributed by atoms with E-state index in [9.17, 15) is 9.59 Å². The molecule has 1 saturated heterocycles. The Morgan fingerprint density at radius 3 is 2.26 bits per heavy atom. The van der Waals surface area contributed by atoms with Crippen LogP contribution in [0.4, 0.5) is 5.82 Å². The van der Waals surface area contributed by atoms with E-state index >= 15 is 0 Å². The molecule has 1 aromatic rings. The van der Waals surface area contributed by atoms with Gasteiger partial charge >= 0.3 is 0 Å². The smallest absolute Gasteiger partial charge is 0.179 e. The van der Waals surface area contributed by atoms with Crippen LogP contribution in [0.1, 0.15) is 24.3 Å². The molecule has 0 spiro atoms. The zero-order valence-electron chi connectivity index (χ0n) is 11.3. The van der Waals surface area contributed by atoms with Gasteiger partial charge in [0.05, 0.1) is 18.9 Å². The summed E-state index contributed by atoms with van der Waals surface area (Å²) in [4.78, 5) is 34.8. The summed E-state index contributed by atoms with van der Waals surface area (Å²) >= 11 is 0. The minimum absolute atomic E-state index is 0.0784. The van der Waals surface area contributed by atoms with E-state index in [4.69, 9.17) is 0 Å². The quantitative estimate of drug-likeness (QED) is 0.731. The fraction of sp³-hybridized carbons (Fsp3) is 0.538. The van der Waals surface area contributed by atoms with Gasteiger partial charge in [0.2, 0.25) is 0 Å². The van der Waals surface area contributed by atoms with Crippen LogP contribution in [0.3, 0.4) is 0 Å². The lowest BCUT2D eigenvalue weighted by atomic mass is 10.3. The van der Waals surface area contributed by atoms with Gasteiger partial charge in [-0.05, 0) is 6.92 Å². The average molecular weight is 262 g/mol. The van der Waals surface area contributed by atoms with Crippen molar-refractivity contribution in [3.8, 4) is 0 Å². The fourth-order valence-electron chi connectivity index (χ4n) is 2.12. The van der Waals surface area contributed by atoms with Gasteiger partial charge in [-0.1, -0.05) is 0 Å². The number of piperazine rings is 1. The minimum Gasteiger partial charge on any atom is -0.353 e. The third-order valence-electron chi connectivity index (χ3n) is 3.14. The van der Waals surface area contributed by atoms with Gasteiger partial charge in [-0.15, -0.1) is 0 Å². The molecule has 0 saturated carbocycles. The van der Waals surface area contributed by atoms with E-state index in [1.165, 1.54) is 13.1 Å². The molecule has 0 N–H and O–H groups in total. The predicted molar refractivity (Wildman–Crippen MR) is 71.4 cm³/mol. The average Bonchev–Trinajstić information content (AvgIpc) is 2.39. The molecule has 0 aliphatic carbocycles. The zero-order chi connectivity index (χ0) is 13.8. The van der Waals surface area contributed by atoms with E-state index in [0.29, 0.717) is 12.2 Å². The van der Waals surface area contributed by atoms with Crippen LogP contribution in [0.25, 0.3) is 0 Å². The van der Waals surface area contributed by atoms with Gasteiger partial charge in [-0.2, -0.15) is 0 Å². The molecule has 0 atom stereocenters. The van der Waals surface area contributed by atoms with Crippen LogP contribution < -0.4 is 4.90 Å². The summed E-state index contributed by atoms with van der Waals surface area (Å²) in [6.07, 6.45) is 3.15. The minimum atomic E-state index is -0.0784. The van der Waals surface area contributed by atoms with Crippen molar-refractivity contribution >= 4 is 17.4 Å². The SMILES string of the molecule is CC(=O)CN1CCN(c2cnc(C(C)=O)cn2)CC1. The Bertz CT molecular complexity index is 464. The van der Waals surface area contributed by atoms with E-state index in [-0.39, 0.29) is 11.6 Å². The standard InChI is InChI=1S/C13H18N4O2/c1-10(18)9-16-3-5-17(6-4-16)13-8-14-12(7-15-13)11(2)19/h7-8H,3-6,9H2,1-2H3. The summed E-state index contributed by atoms with van der Waals surface area (Å²) < 4.78 is 0. The van der Waals surface area contributed by atoms with Gasteiger partial charge in [-0.3, -0.25) is 14.5 Å². The molecule has 1 aromatic heterocycles. The molecule has 0 radical (unpaired) electrons. The summed E-state index contributed by atoms with van der Waals surface area (Å²) in [5, 5.41) is 0. The maximum atomic E-state index is 11.1. The zero-order valence-corrected chi connectivity index (χ0v) is 11.3. The van der Waals surface area contributed by atoms with Gasteiger partial charge in [-0.25, -0.2) is 9.97 Å². The normalized spacial score (nSPS) is 16.4. The molecule has 1 aliphatic heterocycles. The van der Waals surface area contributed by atoms with E-state index in [1.54, 1.807) is 13.1 Å². The number of ketones is 2. The molecule has 6 heteroatoms. The maximum Gasteiger partial charge on any atom is 0.179 e. The molecule has 2 rings (SSSR count). The lowest BCUT2D eigenvalue weighted by molar-refractivity contribution is -0.118. The molecule has 0 unspecified atom stereocenters. The van der Waals surface area contributed by atoms with Gasteiger partial charge in [0.25, 0.3) is 0 Å². The van der Waals surface area contributed by atoms with Crippen molar-refractivity contribution in [3.05, 3.63) is 18.1 Å². The highest BCUT2D eigenvalue weighted by Crippen LogP contribution is 2.12. The molecule has 0 amide bonds. The molecule has 6 nitrogen and oxygen atoms in total. The van der Waals surface area contributed by atoms with Gasteiger partial charge in [0.1, 0.15) is 17.3 Å². The number of nitrogens with zero attached hydrogens (tertiary/aromatic N) is 4. The maximum absolute atomic E-state index is 11.1. The van der Waals surface area contributed by atoms with Crippen LogP contribution in [-0.2, 0) is 4.79 Å². The van der Waals surface area contributed by atoms with Crippen molar-refractivity contribution in [2.75, 3.05) is 37.6 Å². The summed E-state index contributed by atoms with van der Waals surface area (Å²) in [6, 6.07) is 0. The second-order valence-corrected chi connectivity index (χ2v) is 4.78. The summed E-state index contributed by atoms with van der Waals surface area (Å²) in [6.45, 7) is 6.93. The number of carbonyl (C=O) groups is 2. The van der Waals surface area contributed by atoms with Gasteiger partial charge < -0.3 is 4.90 Å². The largest absolute Gasteiger partial charge is 0.353 e. The van der Waals surface area contributed by atoms with E-state index in [2.05, 4.69) is 19.8 Å². The first-order valence-corrected chi connectivity index (χ1v) is 6.36. The van der Waals surface area contributed by atoms with Crippen LogP contribution in [0.15, 0.2) is 12.4 Å². The van der Waals surface area contributed by atoms with E-state index < -0.39 is 0 Å². The highest BCUT2D eigenvalue weighted by Gasteiger charge is 2.19. The van der Waals surface area contributed by atoms with Crippen LogP contribution >= 0.6 is 0 Å². The van der Waals surface area contributed by atoms with Crippen molar-refractivity contribution in [2.45, 2.75) is 13.8 Å². The molecular weight excluding hydrogens is 244 g/mol. The number of anilines is 1. The monoisotopic (exact) mass is 262 g/mol. The highest BCUT2D eigenvalue weighted by molar-refractivity contribution is 5.91. The number of carbonyl (C=O) groups excluding carboxylic acids is 2. The summed E-state index contributed by atoms with van der Waals surface area (Å²) in [7, 11) is 0. The fourth-order valence-corrected chi connectivity index (χ4v) is 2.12. The third kappa shape index (κ3) is 3.57. The van der Waals surface area contributed by atoms with Crippen LogP contribution in [0, 0.1) is 0 Å². The Kier molecular flexibility index (Phi) is 4.21. The highest BCUT2D eigenvalue weighted by atomic mass is 16.1. The topological polar surface area (TPSA) is 66.4 Å². The van der Waals surface area contributed by atoms with Gasteiger partial charge in [0, 0.05) is 33.1 Å². The van der Waals surface area contributed by atoms with Crippen molar-refractivity contribution < 1.29 is 9.59 Å². The number of rotatable bonds is 4. The molecule has 0 bridgehead atoms. The molecule has 1 aliphatic rings. The summed E-state index contributed by atoms with van der Waals surface area (Å²) in [5.41, 5.74) is 0.388. The Hall–Kier alpha value is -1.82. The Morgan fingerprint density at radius 2 is 1.79 bits per heavy atom. The van der Waals surface area contributed by atoms with Crippen molar-refractivity contribution in [1.82, 2.24) is 14.9 Å². The Morgan fingerprint density at radius 1 is 1.11 bits per heavy atom. The molecular formula is C13H18N4O2. The van der Waals surface area contributed by atoms with E-state index in [1.807, 2.05) is 0 Å². The molecule has 19 heavy (non-hydrogen) atoms. The van der Waals surface area contributed by atoms with Crippen molar-refractivity contribution in [1.29, 1.82) is 0 Å². The van der Waals surface area contributed by atoms with Gasteiger partial charge in [0.15, 0.2) is 5.78 Å². The lowest BCUT2D eigenvalue weighted by Crippen LogP contribution is -2.48. The molecule has 1 fully saturated rings.